The first-order valence-corrected chi connectivity index (χ1v) is 6.67. The van der Waals surface area contributed by atoms with Crippen molar-refractivity contribution in [3.8, 4) is 11.5 Å². The zero-order valence-electron chi connectivity index (χ0n) is 10.1. The zero-order valence-corrected chi connectivity index (χ0v) is 10.9. The molecule has 1 aromatic rings. The molecule has 0 bridgehead atoms. The zero-order chi connectivity index (χ0) is 13.2. The fourth-order valence-electron chi connectivity index (χ4n) is 1.43. The van der Waals surface area contributed by atoms with Crippen LogP contribution in [-0.4, -0.2) is 34.7 Å². The summed E-state index contributed by atoms with van der Waals surface area (Å²) < 4.78 is 33.1. The summed E-state index contributed by atoms with van der Waals surface area (Å²) >= 11 is 0. The summed E-state index contributed by atoms with van der Waals surface area (Å²) in [4.78, 5) is 11.4. The number of Topliss-reactive ketones (excluding diaryl/α,β-unsaturated/α-hetero) is 1. The standard InChI is InChI=1S/C11H14O5S/c1-7(12)8-5-11(17(4,13)14)10(16-3)6-9(8)15-2/h5-6H,1-4H3. The first-order valence-electron chi connectivity index (χ1n) is 4.78. The molecule has 1 aromatic carbocycles. The maximum atomic E-state index is 11.6. The summed E-state index contributed by atoms with van der Waals surface area (Å²) in [6, 6.07) is 2.67. The predicted octanol–water partition coefficient (Wildman–Crippen LogP) is 1.31. The average Bonchev–Trinajstić information content (AvgIpc) is 2.25. The van der Waals surface area contributed by atoms with Crippen LogP contribution in [0.5, 0.6) is 11.5 Å². The SMILES string of the molecule is COc1cc(OC)c(S(C)(=O)=O)cc1C(C)=O. The van der Waals surface area contributed by atoms with Gasteiger partial charge in [0.2, 0.25) is 0 Å². The normalized spacial score (nSPS) is 11.1. The number of ether oxygens (including phenoxy) is 2. The van der Waals surface area contributed by atoms with E-state index in [2.05, 4.69) is 0 Å². The predicted molar refractivity (Wildman–Crippen MR) is 62.7 cm³/mol. The van der Waals surface area contributed by atoms with E-state index in [1.54, 1.807) is 0 Å². The molecule has 0 saturated carbocycles. The van der Waals surface area contributed by atoms with Gasteiger partial charge in [0.25, 0.3) is 0 Å². The first kappa shape index (κ1) is 13.5. The average molecular weight is 258 g/mol. The number of methoxy groups -OCH3 is 2. The molecule has 0 unspecified atom stereocenters. The highest BCUT2D eigenvalue weighted by atomic mass is 32.2. The number of hydrogen-bond acceptors (Lipinski definition) is 5. The highest BCUT2D eigenvalue weighted by Crippen LogP contribution is 2.32. The minimum absolute atomic E-state index is 0.0222. The van der Waals surface area contributed by atoms with Gasteiger partial charge in [0.05, 0.1) is 19.8 Å². The Kier molecular flexibility index (Phi) is 3.77. The van der Waals surface area contributed by atoms with Crippen molar-refractivity contribution in [2.75, 3.05) is 20.5 Å². The molecule has 0 atom stereocenters. The van der Waals surface area contributed by atoms with Crippen LogP contribution in [0, 0.1) is 0 Å². The third-order valence-corrected chi connectivity index (χ3v) is 3.38. The highest BCUT2D eigenvalue weighted by molar-refractivity contribution is 7.90. The summed E-state index contributed by atoms with van der Waals surface area (Å²) in [6.45, 7) is 1.34. The van der Waals surface area contributed by atoms with Crippen LogP contribution in [0.4, 0.5) is 0 Å². The molecule has 0 N–H and O–H groups in total. The number of ketones is 1. The summed E-state index contributed by atoms with van der Waals surface area (Å²) in [5.74, 6) is 0.186. The van der Waals surface area contributed by atoms with Crippen LogP contribution >= 0.6 is 0 Å². The Balaban J connectivity index is 3.62. The van der Waals surface area contributed by atoms with Crippen molar-refractivity contribution < 1.29 is 22.7 Å². The maximum absolute atomic E-state index is 11.6. The molecule has 0 saturated heterocycles. The van der Waals surface area contributed by atoms with Crippen molar-refractivity contribution >= 4 is 15.6 Å². The van der Waals surface area contributed by atoms with E-state index in [-0.39, 0.29) is 22.0 Å². The van der Waals surface area contributed by atoms with Gasteiger partial charge in [0.15, 0.2) is 15.6 Å². The lowest BCUT2D eigenvalue weighted by Crippen LogP contribution is -2.05. The van der Waals surface area contributed by atoms with Gasteiger partial charge in [-0.05, 0) is 13.0 Å². The van der Waals surface area contributed by atoms with E-state index in [0.29, 0.717) is 5.75 Å². The van der Waals surface area contributed by atoms with Crippen LogP contribution in [-0.2, 0) is 9.84 Å². The van der Waals surface area contributed by atoms with E-state index >= 15 is 0 Å². The second-order valence-corrected chi connectivity index (χ2v) is 5.52. The Bertz CT molecular complexity index is 545. The molecule has 0 heterocycles. The van der Waals surface area contributed by atoms with E-state index in [9.17, 15) is 13.2 Å². The van der Waals surface area contributed by atoms with Crippen LogP contribution in [0.3, 0.4) is 0 Å². The lowest BCUT2D eigenvalue weighted by Gasteiger charge is -2.12. The molecule has 0 aliphatic heterocycles. The van der Waals surface area contributed by atoms with E-state index in [1.165, 1.54) is 33.3 Å². The number of benzene rings is 1. The van der Waals surface area contributed by atoms with E-state index < -0.39 is 9.84 Å². The van der Waals surface area contributed by atoms with Crippen LogP contribution in [0.1, 0.15) is 17.3 Å². The van der Waals surface area contributed by atoms with Gasteiger partial charge in [-0.2, -0.15) is 0 Å². The summed E-state index contributed by atoms with van der Waals surface area (Å²) in [6.07, 6.45) is 1.06. The second kappa shape index (κ2) is 4.75. The number of hydrogen-bond donors (Lipinski definition) is 0. The van der Waals surface area contributed by atoms with Gasteiger partial charge in [-0.3, -0.25) is 4.79 Å². The minimum Gasteiger partial charge on any atom is -0.496 e. The molecule has 94 valence electrons. The maximum Gasteiger partial charge on any atom is 0.179 e. The number of sulfone groups is 1. The molecule has 0 aromatic heterocycles. The monoisotopic (exact) mass is 258 g/mol. The van der Waals surface area contributed by atoms with Gasteiger partial charge in [-0.1, -0.05) is 0 Å². The van der Waals surface area contributed by atoms with Gasteiger partial charge in [-0.25, -0.2) is 8.42 Å². The molecule has 1 rings (SSSR count). The quantitative estimate of drug-likeness (QED) is 0.761. The molecule has 0 aliphatic carbocycles. The van der Waals surface area contributed by atoms with Crippen molar-refractivity contribution in [1.29, 1.82) is 0 Å². The Hall–Kier alpha value is -1.56. The highest BCUT2D eigenvalue weighted by Gasteiger charge is 2.20. The van der Waals surface area contributed by atoms with Crippen LogP contribution < -0.4 is 9.47 Å². The fraction of sp³-hybridized carbons (Fsp3) is 0.364. The van der Waals surface area contributed by atoms with Crippen molar-refractivity contribution in [3.63, 3.8) is 0 Å². The van der Waals surface area contributed by atoms with Gasteiger partial charge in [0, 0.05) is 12.3 Å². The van der Waals surface area contributed by atoms with Crippen molar-refractivity contribution in [3.05, 3.63) is 17.7 Å². The van der Waals surface area contributed by atoms with Crippen molar-refractivity contribution in [2.45, 2.75) is 11.8 Å². The summed E-state index contributed by atoms with van der Waals surface area (Å²) in [5.41, 5.74) is 0.216. The van der Waals surface area contributed by atoms with Gasteiger partial charge in [-0.15, -0.1) is 0 Å². The van der Waals surface area contributed by atoms with E-state index in [4.69, 9.17) is 9.47 Å². The summed E-state index contributed by atoms with van der Waals surface area (Å²) in [7, 11) is -0.697. The minimum atomic E-state index is -3.46. The Morgan fingerprint density at radius 3 is 2.00 bits per heavy atom. The molecule has 6 heteroatoms. The molecular weight excluding hydrogens is 244 g/mol. The topological polar surface area (TPSA) is 69.7 Å². The van der Waals surface area contributed by atoms with Crippen LogP contribution in [0.15, 0.2) is 17.0 Å². The molecule has 0 spiro atoms. The van der Waals surface area contributed by atoms with Gasteiger partial charge >= 0.3 is 0 Å². The molecule has 0 radical (unpaired) electrons. The molecular formula is C11H14O5S. The number of carbonyl (C=O) groups excluding carboxylic acids is 1. The third-order valence-electron chi connectivity index (χ3n) is 2.26. The lowest BCUT2D eigenvalue weighted by atomic mass is 10.1. The Morgan fingerprint density at radius 1 is 1.12 bits per heavy atom. The van der Waals surface area contributed by atoms with Crippen molar-refractivity contribution in [1.82, 2.24) is 0 Å². The smallest absolute Gasteiger partial charge is 0.179 e. The molecule has 0 fully saturated rings. The van der Waals surface area contributed by atoms with E-state index in [0.717, 1.165) is 6.26 Å². The lowest BCUT2D eigenvalue weighted by molar-refractivity contribution is 0.101. The fourth-order valence-corrected chi connectivity index (χ4v) is 2.27. The Labute approximate surface area is 100 Å². The molecule has 0 amide bonds. The molecule has 0 aliphatic rings. The molecule has 5 nitrogen and oxygen atoms in total. The summed E-state index contributed by atoms with van der Waals surface area (Å²) in [5, 5.41) is 0. The number of rotatable bonds is 4. The second-order valence-electron chi connectivity index (χ2n) is 3.53. The van der Waals surface area contributed by atoms with Gasteiger partial charge < -0.3 is 9.47 Å². The van der Waals surface area contributed by atoms with E-state index in [1.807, 2.05) is 0 Å². The first-order chi connectivity index (χ1) is 7.81. The third kappa shape index (κ3) is 2.76. The largest absolute Gasteiger partial charge is 0.496 e. The van der Waals surface area contributed by atoms with Crippen molar-refractivity contribution in [2.24, 2.45) is 0 Å². The molecule has 17 heavy (non-hydrogen) atoms. The Morgan fingerprint density at radius 2 is 1.65 bits per heavy atom. The number of carbonyl (C=O) groups is 1. The van der Waals surface area contributed by atoms with Crippen LogP contribution in [0.2, 0.25) is 0 Å². The van der Waals surface area contributed by atoms with Gasteiger partial charge in [0.1, 0.15) is 16.4 Å². The van der Waals surface area contributed by atoms with Crippen LogP contribution in [0.25, 0.3) is 0 Å².